The standard InChI is InChI=1S/C25H18O9.CH2O/c26-15-6-8-21(14(11-15)13-32-31)33-22-9-10-23(18-4-2-1-3-17(18)22)34-25(30)19-7-5-16(27)12-20(19)24(28)29;1-2/h1-12,26-27,31H,13H2,(H,28,29);1H2. The summed E-state index contributed by atoms with van der Waals surface area (Å²) in [6.07, 6.45) is 0. The van der Waals surface area contributed by atoms with Crippen molar-refractivity contribution in [3.63, 3.8) is 0 Å². The normalized spacial score (nSPS) is 10.2. The van der Waals surface area contributed by atoms with Crippen LogP contribution in [0.3, 0.4) is 0 Å². The first-order chi connectivity index (χ1) is 17.4. The number of aromatic carboxylic acids is 1. The summed E-state index contributed by atoms with van der Waals surface area (Å²) in [6, 6.07) is 17.7. The minimum Gasteiger partial charge on any atom is -0.508 e. The van der Waals surface area contributed by atoms with Gasteiger partial charge in [0.1, 0.15) is 42.1 Å². The van der Waals surface area contributed by atoms with Gasteiger partial charge in [-0.2, -0.15) is 0 Å². The molecule has 0 aliphatic rings. The van der Waals surface area contributed by atoms with Crippen LogP contribution in [-0.4, -0.2) is 39.3 Å². The Balaban J connectivity index is 0.00000176. The van der Waals surface area contributed by atoms with E-state index in [2.05, 4.69) is 4.89 Å². The topological polar surface area (TPSA) is 160 Å². The van der Waals surface area contributed by atoms with Crippen molar-refractivity contribution in [3.05, 3.63) is 89.5 Å². The van der Waals surface area contributed by atoms with E-state index in [1.807, 2.05) is 6.79 Å². The van der Waals surface area contributed by atoms with Crippen molar-refractivity contribution in [2.24, 2.45) is 0 Å². The summed E-state index contributed by atoms with van der Waals surface area (Å²) in [4.78, 5) is 36.4. The maximum absolute atomic E-state index is 12.8. The van der Waals surface area contributed by atoms with Gasteiger partial charge in [-0.25, -0.2) is 14.5 Å². The summed E-state index contributed by atoms with van der Waals surface area (Å²) >= 11 is 0. The van der Waals surface area contributed by atoms with Gasteiger partial charge >= 0.3 is 11.9 Å². The number of phenols is 2. The second-order valence-corrected chi connectivity index (χ2v) is 7.20. The van der Waals surface area contributed by atoms with E-state index in [4.69, 9.17) is 19.5 Å². The average molecular weight is 492 g/mol. The van der Waals surface area contributed by atoms with E-state index in [-0.39, 0.29) is 35.0 Å². The number of hydrogen-bond donors (Lipinski definition) is 4. The van der Waals surface area contributed by atoms with Gasteiger partial charge in [0.15, 0.2) is 0 Å². The molecule has 4 rings (SSSR count). The van der Waals surface area contributed by atoms with Crippen LogP contribution < -0.4 is 9.47 Å². The third-order valence-corrected chi connectivity index (χ3v) is 4.98. The summed E-state index contributed by atoms with van der Waals surface area (Å²) in [7, 11) is 0. The summed E-state index contributed by atoms with van der Waals surface area (Å²) in [6.45, 7) is 1.79. The Kier molecular flexibility index (Phi) is 8.18. The van der Waals surface area contributed by atoms with Gasteiger partial charge in [0.2, 0.25) is 0 Å². The molecule has 4 aromatic rings. The van der Waals surface area contributed by atoms with Crippen LogP contribution in [0, 0.1) is 0 Å². The number of phenolic OH excluding ortho intramolecular Hbond substituents is 2. The molecule has 0 saturated carbocycles. The van der Waals surface area contributed by atoms with Crippen molar-refractivity contribution >= 4 is 29.5 Å². The number of carboxylic acids is 1. The first-order valence-corrected chi connectivity index (χ1v) is 10.2. The van der Waals surface area contributed by atoms with Gasteiger partial charge in [0, 0.05) is 16.3 Å². The van der Waals surface area contributed by atoms with Crippen molar-refractivity contribution in [1.29, 1.82) is 0 Å². The molecule has 0 atom stereocenters. The number of rotatable bonds is 7. The molecule has 0 spiro atoms. The Morgan fingerprint density at radius 1 is 0.750 bits per heavy atom. The van der Waals surface area contributed by atoms with E-state index in [1.54, 1.807) is 30.3 Å². The maximum Gasteiger partial charge on any atom is 0.344 e. The van der Waals surface area contributed by atoms with Crippen LogP contribution in [0.5, 0.6) is 28.7 Å². The molecule has 0 aliphatic carbocycles. The third kappa shape index (κ3) is 5.58. The second-order valence-electron chi connectivity index (χ2n) is 7.20. The highest BCUT2D eigenvalue weighted by atomic mass is 17.1. The lowest BCUT2D eigenvalue weighted by molar-refractivity contribution is -0.253. The van der Waals surface area contributed by atoms with Gasteiger partial charge in [-0.05, 0) is 48.5 Å². The molecule has 0 fully saturated rings. The van der Waals surface area contributed by atoms with E-state index in [0.29, 0.717) is 27.8 Å². The number of esters is 1. The minimum absolute atomic E-state index is 0.0264. The van der Waals surface area contributed by atoms with Crippen LogP contribution in [0.25, 0.3) is 10.8 Å². The van der Waals surface area contributed by atoms with E-state index < -0.39 is 11.9 Å². The van der Waals surface area contributed by atoms with Crippen LogP contribution in [-0.2, 0) is 16.3 Å². The quantitative estimate of drug-likeness (QED) is 0.122. The first-order valence-electron chi connectivity index (χ1n) is 10.2. The maximum atomic E-state index is 12.8. The zero-order chi connectivity index (χ0) is 26.2. The van der Waals surface area contributed by atoms with Gasteiger partial charge in [0.05, 0.1) is 11.1 Å². The highest BCUT2D eigenvalue weighted by Crippen LogP contribution is 2.37. The van der Waals surface area contributed by atoms with E-state index in [0.717, 1.165) is 6.07 Å². The zero-order valence-corrected chi connectivity index (χ0v) is 18.6. The molecule has 10 heteroatoms. The molecule has 36 heavy (non-hydrogen) atoms. The fraction of sp³-hybridized carbons (Fsp3) is 0.0385. The summed E-state index contributed by atoms with van der Waals surface area (Å²) < 4.78 is 11.5. The number of carbonyl (C=O) groups is 3. The lowest BCUT2D eigenvalue weighted by atomic mass is 10.1. The number of ether oxygens (including phenoxy) is 2. The van der Waals surface area contributed by atoms with E-state index in [9.17, 15) is 24.9 Å². The number of fused-ring (bicyclic) bond motifs is 1. The molecule has 10 nitrogen and oxygen atoms in total. The van der Waals surface area contributed by atoms with Crippen molar-refractivity contribution in [1.82, 2.24) is 0 Å². The second kappa shape index (κ2) is 11.5. The van der Waals surface area contributed by atoms with Crippen LogP contribution in [0.4, 0.5) is 0 Å². The Morgan fingerprint density at radius 3 is 2.00 bits per heavy atom. The number of carbonyl (C=O) groups excluding carboxylic acids is 2. The molecule has 0 aromatic heterocycles. The Bertz CT molecular complexity index is 1410. The van der Waals surface area contributed by atoms with Crippen molar-refractivity contribution in [2.75, 3.05) is 0 Å². The Morgan fingerprint density at radius 2 is 1.33 bits per heavy atom. The van der Waals surface area contributed by atoms with Crippen molar-refractivity contribution in [2.45, 2.75) is 6.61 Å². The molecule has 4 aromatic carbocycles. The van der Waals surface area contributed by atoms with Gasteiger partial charge in [-0.1, -0.05) is 24.3 Å². The van der Waals surface area contributed by atoms with E-state index >= 15 is 0 Å². The molecule has 184 valence electrons. The minimum atomic E-state index is -1.38. The fourth-order valence-corrected chi connectivity index (χ4v) is 3.43. The molecule has 0 heterocycles. The molecule has 0 aliphatic heterocycles. The van der Waals surface area contributed by atoms with Crippen molar-refractivity contribution < 1.29 is 49.3 Å². The number of aromatic hydroxyl groups is 2. The molecule has 4 N–H and O–H groups in total. The smallest absolute Gasteiger partial charge is 0.344 e. The zero-order valence-electron chi connectivity index (χ0n) is 18.6. The molecular formula is C26H20O10. The van der Waals surface area contributed by atoms with Gasteiger partial charge in [0.25, 0.3) is 0 Å². The predicted octanol–water partition coefficient (Wildman–Crippen LogP) is 4.77. The first kappa shape index (κ1) is 25.7. The monoisotopic (exact) mass is 492 g/mol. The fourth-order valence-electron chi connectivity index (χ4n) is 3.43. The van der Waals surface area contributed by atoms with Gasteiger partial charge < -0.3 is 29.6 Å². The predicted molar refractivity (Wildman–Crippen MR) is 127 cm³/mol. The highest BCUT2D eigenvalue weighted by molar-refractivity contribution is 6.04. The molecule has 0 bridgehead atoms. The van der Waals surface area contributed by atoms with Crippen LogP contribution in [0.2, 0.25) is 0 Å². The summed E-state index contributed by atoms with van der Waals surface area (Å²) in [5.74, 6) is -1.71. The lowest BCUT2D eigenvalue weighted by Crippen LogP contribution is -2.14. The van der Waals surface area contributed by atoms with Crippen LogP contribution in [0.1, 0.15) is 26.3 Å². The SMILES string of the molecule is C=O.O=C(O)c1cc(O)ccc1C(=O)Oc1ccc(Oc2ccc(O)cc2COO)c2ccccc12. The van der Waals surface area contributed by atoms with Gasteiger partial charge in [-0.15, -0.1) is 0 Å². The highest BCUT2D eigenvalue weighted by Gasteiger charge is 2.21. The third-order valence-electron chi connectivity index (χ3n) is 4.98. The molecule has 0 radical (unpaired) electrons. The summed E-state index contributed by atoms with van der Waals surface area (Å²) in [5, 5.41) is 38.5. The molecule has 0 saturated heterocycles. The largest absolute Gasteiger partial charge is 0.508 e. The Labute approximate surface area is 204 Å². The number of benzene rings is 4. The lowest BCUT2D eigenvalue weighted by Gasteiger charge is -2.15. The number of hydrogen-bond acceptors (Lipinski definition) is 9. The van der Waals surface area contributed by atoms with E-state index in [1.165, 1.54) is 36.4 Å². The molecule has 0 unspecified atom stereocenters. The molecule has 0 amide bonds. The van der Waals surface area contributed by atoms with Crippen LogP contribution in [0.15, 0.2) is 72.8 Å². The van der Waals surface area contributed by atoms with Crippen LogP contribution >= 0.6 is 0 Å². The molecular weight excluding hydrogens is 472 g/mol. The summed E-state index contributed by atoms with van der Waals surface area (Å²) in [5.41, 5.74) is -0.205. The van der Waals surface area contributed by atoms with Gasteiger partial charge in [-0.3, -0.25) is 5.26 Å². The number of carboxylic acid groups (broad SMARTS) is 1. The Hall–Kier alpha value is -4.93. The van der Waals surface area contributed by atoms with Crippen molar-refractivity contribution in [3.8, 4) is 28.7 Å². The average Bonchev–Trinajstić information content (AvgIpc) is 2.88.